The number of aliphatic hydroxyl groups excluding tert-OH is 1. The number of halogens is 1. The van der Waals surface area contributed by atoms with Gasteiger partial charge in [-0.3, -0.25) is 4.40 Å². The van der Waals surface area contributed by atoms with Crippen LogP contribution < -0.4 is 5.32 Å². The number of aliphatic hydroxyl groups is 1. The van der Waals surface area contributed by atoms with Crippen molar-refractivity contribution in [2.45, 2.75) is 31.1 Å². The average Bonchev–Trinajstić information content (AvgIpc) is 3.22. The van der Waals surface area contributed by atoms with Crippen LogP contribution in [0.5, 0.6) is 0 Å². The van der Waals surface area contributed by atoms with Crippen LogP contribution in [0.4, 0.5) is 5.82 Å². The Morgan fingerprint density at radius 2 is 2.31 bits per heavy atom. The molecule has 1 fully saturated rings. The molecule has 2 aromatic rings. The zero-order valence-corrected chi connectivity index (χ0v) is 15.4. The molecular weight excluding hydrogens is 362 g/mol. The van der Waals surface area contributed by atoms with Crippen molar-refractivity contribution in [1.82, 2.24) is 9.38 Å². The standard InChI is InChI=1S/C17H24ClN3O5/c1-23-11-25-9-12-4-6-21-15(8-12)20-16(13-2-3-14(18)26-13)17(21)19-5-7-24-10-22/h4,6,8,13-14,19,22H,2-3,5,7,9-11H2,1H3. The van der Waals surface area contributed by atoms with Gasteiger partial charge in [-0.15, -0.1) is 0 Å². The highest BCUT2D eigenvalue weighted by Crippen LogP contribution is 2.37. The van der Waals surface area contributed by atoms with E-state index in [4.69, 9.17) is 40.6 Å². The summed E-state index contributed by atoms with van der Waals surface area (Å²) in [7, 11) is 1.59. The molecule has 0 amide bonds. The molecule has 1 aliphatic heterocycles. The van der Waals surface area contributed by atoms with E-state index in [0.717, 1.165) is 35.6 Å². The zero-order chi connectivity index (χ0) is 18.4. The van der Waals surface area contributed by atoms with E-state index < -0.39 is 0 Å². The third-order valence-electron chi connectivity index (χ3n) is 4.09. The quantitative estimate of drug-likeness (QED) is 0.368. The number of hydrogen-bond acceptors (Lipinski definition) is 7. The predicted octanol–water partition coefficient (Wildman–Crippen LogP) is 2.25. The first-order chi connectivity index (χ1) is 12.7. The number of methoxy groups -OCH3 is 1. The van der Waals surface area contributed by atoms with Crippen LogP contribution in [-0.4, -0.2) is 53.9 Å². The van der Waals surface area contributed by atoms with Gasteiger partial charge in [0.1, 0.15) is 42.4 Å². The first-order valence-corrected chi connectivity index (χ1v) is 8.96. The van der Waals surface area contributed by atoms with E-state index in [1.807, 2.05) is 22.7 Å². The summed E-state index contributed by atoms with van der Waals surface area (Å²) in [4.78, 5) is 4.76. The molecule has 3 rings (SSSR count). The summed E-state index contributed by atoms with van der Waals surface area (Å²) in [6.45, 7) is 1.32. The molecule has 0 saturated carbocycles. The average molecular weight is 386 g/mol. The van der Waals surface area contributed by atoms with Gasteiger partial charge in [0.05, 0.1) is 13.2 Å². The van der Waals surface area contributed by atoms with E-state index >= 15 is 0 Å². The van der Waals surface area contributed by atoms with Crippen molar-refractivity contribution < 1.29 is 24.1 Å². The van der Waals surface area contributed by atoms with Crippen LogP contribution in [0.2, 0.25) is 0 Å². The lowest BCUT2D eigenvalue weighted by molar-refractivity contribution is -0.0390. The van der Waals surface area contributed by atoms with Crippen molar-refractivity contribution >= 4 is 23.1 Å². The molecular formula is C17H24ClN3O5. The highest BCUT2D eigenvalue weighted by molar-refractivity contribution is 6.19. The minimum absolute atomic E-state index is 0.146. The van der Waals surface area contributed by atoms with Crippen molar-refractivity contribution in [2.75, 3.05) is 39.2 Å². The van der Waals surface area contributed by atoms with Crippen molar-refractivity contribution in [2.24, 2.45) is 0 Å². The number of alkyl halides is 1. The smallest absolute Gasteiger partial charge is 0.146 e. The summed E-state index contributed by atoms with van der Waals surface area (Å²) in [5, 5.41) is 12.1. The largest absolute Gasteiger partial charge is 0.371 e. The number of pyridine rings is 1. The lowest BCUT2D eigenvalue weighted by Crippen LogP contribution is -2.13. The van der Waals surface area contributed by atoms with Gasteiger partial charge in [-0.25, -0.2) is 4.98 Å². The second-order valence-electron chi connectivity index (χ2n) is 5.94. The molecule has 9 heteroatoms. The Morgan fingerprint density at radius 3 is 3.04 bits per heavy atom. The topological polar surface area (TPSA) is 86.5 Å². The fourth-order valence-corrected chi connectivity index (χ4v) is 3.19. The van der Waals surface area contributed by atoms with Gasteiger partial charge in [0.2, 0.25) is 0 Å². The number of hydrogen-bond donors (Lipinski definition) is 2. The normalized spacial score (nSPS) is 20.1. The lowest BCUT2D eigenvalue weighted by atomic mass is 10.2. The van der Waals surface area contributed by atoms with E-state index in [1.165, 1.54) is 0 Å². The number of nitrogens with zero attached hydrogens (tertiary/aromatic N) is 2. The first kappa shape index (κ1) is 19.3. The Bertz CT molecular complexity index is 711. The monoisotopic (exact) mass is 385 g/mol. The van der Waals surface area contributed by atoms with Crippen molar-refractivity contribution in [3.8, 4) is 0 Å². The van der Waals surface area contributed by atoms with Crippen molar-refractivity contribution in [3.05, 3.63) is 29.6 Å². The zero-order valence-electron chi connectivity index (χ0n) is 14.7. The maximum atomic E-state index is 8.75. The van der Waals surface area contributed by atoms with Gasteiger partial charge >= 0.3 is 0 Å². The summed E-state index contributed by atoms with van der Waals surface area (Å²) in [6.07, 6.45) is 3.42. The van der Waals surface area contributed by atoms with Crippen LogP contribution in [0, 0.1) is 0 Å². The molecule has 0 aliphatic carbocycles. The number of ether oxygens (including phenoxy) is 4. The van der Waals surface area contributed by atoms with Gasteiger partial charge in [-0.1, -0.05) is 11.6 Å². The molecule has 0 aromatic carbocycles. The highest BCUT2D eigenvalue weighted by Gasteiger charge is 2.30. The number of rotatable bonds is 10. The van der Waals surface area contributed by atoms with E-state index in [2.05, 4.69) is 5.32 Å². The molecule has 0 radical (unpaired) electrons. The van der Waals surface area contributed by atoms with Crippen LogP contribution >= 0.6 is 11.6 Å². The Morgan fingerprint density at radius 1 is 1.42 bits per heavy atom. The van der Waals surface area contributed by atoms with E-state index in [9.17, 15) is 0 Å². The Labute approximate surface area is 157 Å². The second-order valence-corrected chi connectivity index (χ2v) is 6.43. The van der Waals surface area contributed by atoms with Crippen LogP contribution in [0.15, 0.2) is 18.3 Å². The van der Waals surface area contributed by atoms with Crippen molar-refractivity contribution in [1.29, 1.82) is 0 Å². The first-order valence-electron chi connectivity index (χ1n) is 8.52. The molecule has 0 spiro atoms. The van der Waals surface area contributed by atoms with Gasteiger partial charge < -0.3 is 29.4 Å². The predicted molar refractivity (Wildman–Crippen MR) is 96.1 cm³/mol. The maximum absolute atomic E-state index is 8.75. The Kier molecular flexibility index (Phi) is 7.07. The molecule has 2 aromatic heterocycles. The van der Waals surface area contributed by atoms with Gasteiger partial charge in [0.15, 0.2) is 0 Å². The molecule has 144 valence electrons. The minimum Gasteiger partial charge on any atom is -0.371 e. The molecule has 26 heavy (non-hydrogen) atoms. The maximum Gasteiger partial charge on any atom is 0.146 e. The second kappa shape index (κ2) is 9.50. The van der Waals surface area contributed by atoms with E-state index in [-0.39, 0.29) is 25.3 Å². The number of fused-ring (bicyclic) bond motifs is 1. The third-order valence-corrected chi connectivity index (χ3v) is 4.41. The SMILES string of the molecule is COCOCc1ccn2c(NCCOCO)c(C3CCC(Cl)O3)nc2c1. The van der Waals surface area contributed by atoms with Gasteiger partial charge in [0, 0.05) is 19.9 Å². The number of anilines is 1. The summed E-state index contributed by atoms with van der Waals surface area (Å²) < 4.78 is 23.1. The van der Waals surface area contributed by atoms with Gasteiger partial charge in [-0.2, -0.15) is 0 Å². The minimum atomic E-state index is -0.299. The lowest BCUT2D eigenvalue weighted by Gasteiger charge is -2.12. The van der Waals surface area contributed by atoms with Gasteiger partial charge in [-0.05, 0) is 30.5 Å². The molecule has 1 aliphatic rings. The molecule has 2 unspecified atom stereocenters. The number of nitrogens with one attached hydrogen (secondary N) is 1. The number of aromatic nitrogens is 2. The molecule has 2 atom stereocenters. The summed E-state index contributed by atoms with van der Waals surface area (Å²) in [5.41, 5.74) is 2.34. The van der Waals surface area contributed by atoms with Gasteiger partial charge in [0.25, 0.3) is 0 Å². The third kappa shape index (κ3) is 4.64. The summed E-state index contributed by atoms with van der Waals surface area (Å²) in [5.74, 6) is 0.849. The molecule has 0 bridgehead atoms. The van der Waals surface area contributed by atoms with Crippen LogP contribution in [0.3, 0.4) is 0 Å². The van der Waals surface area contributed by atoms with Crippen molar-refractivity contribution in [3.63, 3.8) is 0 Å². The Hall–Kier alpha value is -1.42. The fourth-order valence-electron chi connectivity index (χ4n) is 2.94. The molecule has 2 N–H and O–H groups in total. The van der Waals surface area contributed by atoms with E-state index in [1.54, 1.807) is 7.11 Å². The van der Waals surface area contributed by atoms with Crippen LogP contribution in [0.1, 0.15) is 30.2 Å². The molecule has 8 nitrogen and oxygen atoms in total. The van der Waals surface area contributed by atoms with Crippen LogP contribution in [-0.2, 0) is 25.6 Å². The molecule has 3 heterocycles. The molecule has 1 saturated heterocycles. The summed E-state index contributed by atoms with van der Waals surface area (Å²) in [6, 6.07) is 3.95. The highest BCUT2D eigenvalue weighted by atomic mass is 35.5. The Balaban J connectivity index is 1.83. The number of imidazole rings is 1. The fraction of sp³-hybridized carbons (Fsp3) is 0.588. The van der Waals surface area contributed by atoms with Crippen LogP contribution in [0.25, 0.3) is 5.65 Å². The van der Waals surface area contributed by atoms with E-state index in [0.29, 0.717) is 19.8 Å². The summed E-state index contributed by atoms with van der Waals surface area (Å²) >= 11 is 6.10.